The van der Waals surface area contributed by atoms with Crippen molar-refractivity contribution in [1.29, 1.82) is 0 Å². The SMILES string of the molecule is Cc1ccc(C(=O)O)cc1.O=C(O)c1cccc2ccccc12. The predicted molar refractivity (Wildman–Crippen MR) is 89.0 cm³/mol. The third kappa shape index (κ3) is 4.17. The van der Waals surface area contributed by atoms with Gasteiger partial charge in [0, 0.05) is 0 Å². The fourth-order valence-corrected chi connectivity index (χ4v) is 2.11. The average Bonchev–Trinajstić information content (AvgIpc) is 2.55. The van der Waals surface area contributed by atoms with Crippen LogP contribution in [0.2, 0.25) is 0 Å². The zero-order valence-electron chi connectivity index (χ0n) is 12.6. The second kappa shape index (κ2) is 7.22. The van der Waals surface area contributed by atoms with Crippen molar-refractivity contribution in [3.8, 4) is 0 Å². The van der Waals surface area contributed by atoms with E-state index in [1.807, 2.05) is 37.3 Å². The van der Waals surface area contributed by atoms with Crippen LogP contribution < -0.4 is 0 Å². The van der Waals surface area contributed by atoms with Gasteiger partial charge >= 0.3 is 11.9 Å². The molecule has 0 heterocycles. The van der Waals surface area contributed by atoms with E-state index in [1.165, 1.54) is 0 Å². The highest BCUT2D eigenvalue weighted by molar-refractivity contribution is 6.03. The first-order valence-electron chi connectivity index (χ1n) is 7.00. The number of benzene rings is 3. The first-order valence-corrected chi connectivity index (χ1v) is 7.00. The lowest BCUT2D eigenvalue weighted by Crippen LogP contribution is -1.96. The molecule has 0 spiro atoms. The van der Waals surface area contributed by atoms with E-state index in [0.29, 0.717) is 11.1 Å². The molecule has 0 saturated heterocycles. The number of hydrogen-bond acceptors (Lipinski definition) is 2. The van der Waals surface area contributed by atoms with Crippen LogP contribution in [0.25, 0.3) is 10.8 Å². The average molecular weight is 308 g/mol. The van der Waals surface area contributed by atoms with Crippen molar-refractivity contribution in [3.63, 3.8) is 0 Å². The molecule has 0 fully saturated rings. The van der Waals surface area contributed by atoms with Gasteiger partial charge in [-0.15, -0.1) is 0 Å². The molecule has 0 saturated carbocycles. The monoisotopic (exact) mass is 308 g/mol. The zero-order valence-corrected chi connectivity index (χ0v) is 12.6. The number of carboxylic acids is 2. The second-order valence-corrected chi connectivity index (χ2v) is 5.00. The van der Waals surface area contributed by atoms with E-state index >= 15 is 0 Å². The molecule has 0 aliphatic rings. The van der Waals surface area contributed by atoms with Crippen molar-refractivity contribution < 1.29 is 19.8 Å². The van der Waals surface area contributed by atoms with Crippen LogP contribution in [0.1, 0.15) is 26.3 Å². The van der Waals surface area contributed by atoms with Crippen LogP contribution in [0, 0.1) is 6.92 Å². The van der Waals surface area contributed by atoms with Crippen LogP contribution in [-0.2, 0) is 0 Å². The maximum atomic E-state index is 10.8. The van der Waals surface area contributed by atoms with E-state index in [0.717, 1.165) is 16.3 Å². The van der Waals surface area contributed by atoms with Crippen LogP contribution in [0.5, 0.6) is 0 Å². The van der Waals surface area contributed by atoms with Crippen molar-refractivity contribution in [2.75, 3.05) is 0 Å². The molecule has 0 aliphatic carbocycles. The van der Waals surface area contributed by atoms with Gasteiger partial charge in [0.25, 0.3) is 0 Å². The highest BCUT2D eigenvalue weighted by Gasteiger charge is 2.05. The van der Waals surface area contributed by atoms with Gasteiger partial charge in [-0.05, 0) is 35.9 Å². The lowest BCUT2D eigenvalue weighted by molar-refractivity contribution is 0.0687. The Kier molecular flexibility index (Phi) is 5.10. The van der Waals surface area contributed by atoms with Gasteiger partial charge in [-0.2, -0.15) is 0 Å². The third-order valence-corrected chi connectivity index (χ3v) is 3.32. The van der Waals surface area contributed by atoms with E-state index in [-0.39, 0.29) is 0 Å². The molecule has 2 N–H and O–H groups in total. The van der Waals surface area contributed by atoms with Crippen molar-refractivity contribution >= 4 is 22.7 Å². The summed E-state index contributed by atoms with van der Waals surface area (Å²) in [6.45, 7) is 1.92. The fourth-order valence-electron chi connectivity index (χ4n) is 2.11. The molecule has 0 aromatic heterocycles. The van der Waals surface area contributed by atoms with E-state index < -0.39 is 11.9 Å². The topological polar surface area (TPSA) is 74.6 Å². The van der Waals surface area contributed by atoms with E-state index in [1.54, 1.807) is 36.4 Å². The van der Waals surface area contributed by atoms with Crippen LogP contribution in [0.4, 0.5) is 0 Å². The molecule has 0 atom stereocenters. The standard InChI is InChI=1S/C11H8O2.C8H8O2/c12-11(13)10-7-3-5-8-4-1-2-6-9(8)10;1-6-2-4-7(5-3-6)8(9)10/h1-7H,(H,12,13);2-5H,1H3,(H,9,10). The Hall–Kier alpha value is -3.14. The summed E-state index contributed by atoms with van der Waals surface area (Å²) < 4.78 is 0. The van der Waals surface area contributed by atoms with Gasteiger partial charge in [0.1, 0.15) is 0 Å². The summed E-state index contributed by atoms with van der Waals surface area (Å²) in [6.07, 6.45) is 0. The number of rotatable bonds is 2. The van der Waals surface area contributed by atoms with Gasteiger partial charge in [-0.3, -0.25) is 0 Å². The van der Waals surface area contributed by atoms with Crippen LogP contribution in [-0.4, -0.2) is 22.2 Å². The van der Waals surface area contributed by atoms with Crippen LogP contribution in [0.3, 0.4) is 0 Å². The molecule has 0 amide bonds. The zero-order chi connectivity index (χ0) is 16.8. The molecule has 0 aliphatic heterocycles. The van der Waals surface area contributed by atoms with E-state index in [4.69, 9.17) is 10.2 Å². The highest BCUT2D eigenvalue weighted by atomic mass is 16.4. The Labute approximate surface area is 133 Å². The Morgan fingerprint density at radius 3 is 1.96 bits per heavy atom. The number of hydrogen-bond donors (Lipinski definition) is 2. The van der Waals surface area contributed by atoms with Crippen molar-refractivity contribution in [3.05, 3.63) is 83.4 Å². The normalized spacial score (nSPS) is 9.78. The molecule has 3 aromatic carbocycles. The molecule has 4 heteroatoms. The summed E-state index contributed by atoms with van der Waals surface area (Å²) in [6, 6.07) is 19.5. The largest absolute Gasteiger partial charge is 0.478 e. The van der Waals surface area contributed by atoms with Crippen molar-refractivity contribution in [2.24, 2.45) is 0 Å². The van der Waals surface area contributed by atoms with Gasteiger partial charge in [-0.1, -0.05) is 54.1 Å². The summed E-state index contributed by atoms with van der Waals surface area (Å²) in [7, 11) is 0. The summed E-state index contributed by atoms with van der Waals surface area (Å²) in [5.74, 6) is -1.75. The number of aromatic carboxylic acids is 2. The van der Waals surface area contributed by atoms with Crippen LogP contribution in [0.15, 0.2) is 66.7 Å². The highest BCUT2D eigenvalue weighted by Crippen LogP contribution is 2.17. The Balaban J connectivity index is 0.000000174. The quantitative estimate of drug-likeness (QED) is 0.743. The molecular formula is C19H16O4. The molecule has 116 valence electrons. The molecule has 0 unspecified atom stereocenters. The predicted octanol–water partition coefficient (Wildman–Crippen LogP) is 4.23. The fraction of sp³-hybridized carbons (Fsp3) is 0.0526. The smallest absolute Gasteiger partial charge is 0.336 e. The molecule has 4 nitrogen and oxygen atoms in total. The first kappa shape index (κ1) is 16.2. The lowest BCUT2D eigenvalue weighted by Gasteiger charge is -2.00. The summed E-state index contributed by atoms with van der Waals surface area (Å²) in [5, 5.41) is 19.1. The van der Waals surface area contributed by atoms with Gasteiger partial charge in [0.05, 0.1) is 11.1 Å². The van der Waals surface area contributed by atoms with E-state index in [2.05, 4.69) is 0 Å². The van der Waals surface area contributed by atoms with Gasteiger partial charge in [0.15, 0.2) is 0 Å². The minimum absolute atomic E-state index is 0.339. The number of carbonyl (C=O) groups is 2. The maximum absolute atomic E-state index is 10.8. The number of carboxylic acid groups (broad SMARTS) is 2. The summed E-state index contributed by atoms with van der Waals surface area (Å²) in [4.78, 5) is 21.1. The third-order valence-electron chi connectivity index (χ3n) is 3.32. The minimum Gasteiger partial charge on any atom is -0.478 e. The van der Waals surface area contributed by atoms with Gasteiger partial charge < -0.3 is 10.2 Å². The molecule has 3 rings (SSSR count). The minimum atomic E-state index is -0.878. The van der Waals surface area contributed by atoms with Crippen molar-refractivity contribution in [1.82, 2.24) is 0 Å². The first-order chi connectivity index (χ1) is 11.0. The van der Waals surface area contributed by atoms with Gasteiger partial charge in [0.2, 0.25) is 0 Å². The molecule has 23 heavy (non-hydrogen) atoms. The molecule has 0 bridgehead atoms. The Bertz CT molecular complexity index is 830. The van der Waals surface area contributed by atoms with Crippen LogP contribution >= 0.6 is 0 Å². The summed E-state index contributed by atoms with van der Waals surface area (Å²) in [5.41, 5.74) is 1.77. The van der Waals surface area contributed by atoms with E-state index in [9.17, 15) is 9.59 Å². The molecule has 3 aromatic rings. The van der Waals surface area contributed by atoms with Crippen molar-refractivity contribution in [2.45, 2.75) is 6.92 Å². The summed E-state index contributed by atoms with van der Waals surface area (Å²) >= 11 is 0. The number of fused-ring (bicyclic) bond motifs is 1. The Morgan fingerprint density at radius 1 is 0.739 bits per heavy atom. The number of aryl methyl sites for hydroxylation is 1. The molecular weight excluding hydrogens is 292 g/mol. The van der Waals surface area contributed by atoms with Gasteiger partial charge in [-0.25, -0.2) is 9.59 Å². The second-order valence-electron chi connectivity index (χ2n) is 5.00. The molecule has 0 radical (unpaired) electrons. The Morgan fingerprint density at radius 2 is 1.35 bits per heavy atom. The lowest BCUT2D eigenvalue weighted by atomic mass is 10.1. The maximum Gasteiger partial charge on any atom is 0.336 e.